The molecule has 0 aliphatic carbocycles. The molecular formula is C12H9NO4S2. The van der Waals surface area contributed by atoms with Crippen molar-refractivity contribution in [2.24, 2.45) is 0 Å². The number of rotatable bonds is 3. The standard InChI is InChI=1S/C12H9NO4S2/c14-8-3-1-2-7(4-8)9-5-10(15)13(6-11(16)17)12(18)19-9/h1-5,14H,6H2,(H,16,17). The molecule has 98 valence electrons. The van der Waals surface area contributed by atoms with Gasteiger partial charge in [0.1, 0.15) is 12.3 Å². The summed E-state index contributed by atoms with van der Waals surface area (Å²) >= 11 is 6.16. The van der Waals surface area contributed by atoms with Crippen molar-refractivity contribution in [3.05, 3.63) is 44.6 Å². The number of benzene rings is 1. The van der Waals surface area contributed by atoms with Gasteiger partial charge in [-0.2, -0.15) is 0 Å². The lowest BCUT2D eigenvalue weighted by Gasteiger charge is -2.05. The first kappa shape index (κ1) is 13.4. The van der Waals surface area contributed by atoms with E-state index in [4.69, 9.17) is 17.3 Å². The first-order chi connectivity index (χ1) is 8.97. The normalized spacial score (nSPS) is 10.3. The van der Waals surface area contributed by atoms with Crippen LogP contribution in [0.4, 0.5) is 0 Å². The summed E-state index contributed by atoms with van der Waals surface area (Å²) < 4.78 is 1.21. The van der Waals surface area contributed by atoms with Crippen LogP contribution in [0, 0.1) is 3.95 Å². The van der Waals surface area contributed by atoms with Gasteiger partial charge in [-0.25, -0.2) is 0 Å². The van der Waals surface area contributed by atoms with Gasteiger partial charge in [0.2, 0.25) is 0 Å². The Hall–Kier alpha value is -1.99. The summed E-state index contributed by atoms with van der Waals surface area (Å²) in [6, 6.07) is 7.75. The van der Waals surface area contributed by atoms with E-state index in [1.165, 1.54) is 18.2 Å². The van der Waals surface area contributed by atoms with Crippen molar-refractivity contribution in [2.75, 3.05) is 0 Å². The van der Waals surface area contributed by atoms with Crippen LogP contribution < -0.4 is 5.56 Å². The fourth-order valence-electron chi connectivity index (χ4n) is 1.54. The Kier molecular flexibility index (Phi) is 3.77. The lowest BCUT2D eigenvalue weighted by molar-refractivity contribution is -0.137. The summed E-state index contributed by atoms with van der Waals surface area (Å²) in [6.07, 6.45) is 0. The molecule has 0 spiro atoms. The van der Waals surface area contributed by atoms with E-state index >= 15 is 0 Å². The molecule has 2 aromatic rings. The minimum atomic E-state index is -1.12. The minimum Gasteiger partial charge on any atom is -0.508 e. The van der Waals surface area contributed by atoms with Crippen molar-refractivity contribution >= 4 is 29.5 Å². The van der Waals surface area contributed by atoms with Gasteiger partial charge in [-0.15, -0.1) is 11.3 Å². The number of aromatic hydroxyl groups is 1. The fourth-order valence-corrected chi connectivity index (χ4v) is 2.82. The molecule has 0 saturated carbocycles. The Bertz CT molecular complexity index is 717. The van der Waals surface area contributed by atoms with Gasteiger partial charge in [0, 0.05) is 10.9 Å². The summed E-state index contributed by atoms with van der Waals surface area (Å²) in [5, 5.41) is 18.1. The van der Waals surface area contributed by atoms with Crippen LogP contribution in [0.15, 0.2) is 35.1 Å². The Morgan fingerprint density at radius 2 is 2.11 bits per heavy atom. The van der Waals surface area contributed by atoms with Gasteiger partial charge >= 0.3 is 5.97 Å². The predicted octanol–water partition coefficient (Wildman–Crippen LogP) is 2.10. The van der Waals surface area contributed by atoms with Crippen LogP contribution >= 0.6 is 23.6 Å². The van der Waals surface area contributed by atoms with E-state index in [9.17, 15) is 14.7 Å². The molecule has 0 aliphatic heterocycles. The second-order valence-corrected chi connectivity index (χ2v) is 5.42. The average molecular weight is 295 g/mol. The van der Waals surface area contributed by atoms with Crippen molar-refractivity contribution in [1.82, 2.24) is 4.57 Å². The van der Waals surface area contributed by atoms with Gasteiger partial charge in [0.15, 0.2) is 3.95 Å². The molecular weight excluding hydrogens is 286 g/mol. The number of aliphatic carboxylic acids is 1. The molecule has 1 heterocycles. The van der Waals surface area contributed by atoms with Gasteiger partial charge in [0.25, 0.3) is 5.56 Å². The third kappa shape index (κ3) is 3.07. The largest absolute Gasteiger partial charge is 0.508 e. The zero-order valence-corrected chi connectivity index (χ0v) is 11.2. The number of phenols is 1. The van der Waals surface area contributed by atoms with E-state index in [1.807, 2.05) is 0 Å². The van der Waals surface area contributed by atoms with Crippen LogP contribution in [0.25, 0.3) is 10.4 Å². The van der Waals surface area contributed by atoms with Crippen LogP contribution in [0.2, 0.25) is 0 Å². The molecule has 2 rings (SSSR count). The molecule has 0 atom stereocenters. The number of hydrogen-bond donors (Lipinski definition) is 2. The Labute approximate surface area is 117 Å². The molecule has 0 aliphatic rings. The van der Waals surface area contributed by atoms with Crippen molar-refractivity contribution in [3.63, 3.8) is 0 Å². The molecule has 1 aromatic heterocycles. The summed E-state index contributed by atoms with van der Waals surface area (Å²) in [6.45, 7) is -0.450. The first-order valence-corrected chi connectivity index (χ1v) is 6.46. The molecule has 0 bridgehead atoms. The highest BCUT2D eigenvalue weighted by molar-refractivity contribution is 7.73. The number of carboxylic acid groups (broad SMARTS) is 1. The molecule has 7 heteroatoms. The van der Waals surface area contributed by atoms with Gasteiger partial charge in [-0.3, -0.25) is 14.2 Å². The number of hydrogen-bond acceptors (Lipinski definition) is 5. The fraction of sp³-hybridized carbons (Fsp3) is 0.0833. The lowest BCUT2D eigenvalue weighted by atomic mass is 10.2. The molecule has 0 saturated heterocycles. The molecule has 0 unspecified atom stereocenters. The van der Waals surface area contributed by atoms with Crippen LogP contribution in [-0.2, 0) is 11.3 Å². The maximum absolute atomic E-state index is 11.8. The topological polar surface area (TPSA) is 79.5 Å². The summed E-state index contributed by atoms with van der Waals surface area (Å²) in [5.74, 6) is -1.03. The SMILES string of the molecule is O=C(O)Cn1c(=O)cc(-c2cccc(O)c2)sc1=S. The number of nitrogens with zero attached hydrogens (tertiary/aromatic N) is 1. The minimum absolute atomic E-state index is 0.0883. The number of carbonyl (C=O) groups is 1. The second-order valence-electron chi connectivity index (χ2n) is 3.75. The third-order valence-corrected chi connectivity index (χ3v) is 3.80. The third-order valence-electron chi connectivity index (χ3n) is 2.36. The highest BCUT2D eigenvalue weighted by Crippen LogP contribution is 2.25. The average Bonchev–Trinajstić information content (AvgIpc) is 2.33. The van der Waals surface area contributed by atoms with E-state index in [1.54, 1.807) is 12.1 Å². The first-order valence-electron chi connectivity index (χ1n) is 5.23. The molecule has 19 heavy (non-hydrogen) atoms. The summed E-state index contributed by atoms with van der Waals surface area (Å²) in [5.41, 5.74) is 0.195. The summed E-state index contributed by atoms with van der Waals surface area (Å²) in [4.78, 5) is 23.1. The Balaban J connectivity index is 2.55. The molecule has 5 nitrogen and oxygen atoms in total. The Morgan fingerprint density at radius 3 is 2.68 bits per heavy atom. The maximum atomic E-state index is 11.8. The van der Waals surface area contributed by atoms with Gasteiger partial charge < -0.3 is 10.2 Å². The van der Waals surface area contributed by atoms with E-state index in [2.05, 4.69) is 0 Å². The van der Waals surface area contributed by atoms with Crippen LogP contribution in [0.1, 0.15) is 0 Å². The molecule has 1 aromatic carbocycles. The molecule has 0 radical (unpaired) electrons. The van der Waals surface area contributed by atoms with Gasteiger partial charge in [-0.05, 0) is 29.9 Å². The van der Waals surface area contributed by atoms with Gasteiger partial charge in [-0.1, -0.05) is 12.1 Å². The maximum Gasteiger partial charge on any atom is 0.323 e. The van der Waals surface area contributed by atoms with Crippen molar-refractivity contribution in [1.29, 1.82) is 0 Å². The number of aromatic nitrogens is 1. The smallest absolute Gasteiger partial charge is 0.323 e. The van der Waals surface area contributed by atoms with E-state index in [-0.39, 0.29) is 9.70 Å². The molecule has 0 fully saturated rings. The van der Waals surface area contributed by atoms with E-state index in [0.29, 0.717) is 10.4 Å². The van der Waals surface area contributed by atoms with Gasteiger partial charge in [0.05, 0.1) is 0 Å². The van der Waals surface area contributed by atoms with Crippen LogP contribution in [-0.4, -0.2) is 20.7 Å². The van der Waals surface area contributed by atoms with Crippen LogP contribution in [0.5, 0.6) is 5.75 Å². The van der Waals surface area contributed by atoms with E-state index < -0.39 is 18.1 Å². The molecule has 0 amide bonds. The highest BCUT2D eigenvalue weighted by Gasteiger charge is 2.08. The number of phenolic OH excluding ortho intramolecular Hbond substituents is 1. The van der Waals surface area contributed by atoms with Crippen molar-refractivity contribution < 1.29 is 15.0 Å². The quantitative estimate of drug-likeness (QED) is 0.848. The number of carboxylic acids is 1. The zero-order chi connectivity index (χ0) is 14.0. The van der Waals surface area contributed by atoms with E-state index in [0.717, 1.165) is 15.9 Å². The Morgan fingerprint density at radius 1 is 1.37 bits per heavy atom. The lowest BCUT2D eigenvalue weighted by Crippen LogP contribution is -2.23. The highest BCUT2D eigenvalue weighted by atomic mass is 32.1. The van der Waals surface area contributed by atoms with Crippen molar-refractivity contribution in [2.45, 2.75) is 6.54 Å². The predicted molar refractivity (Wildman–Crippen MR) is 74.1 cm³/mol. The monoisotopic (exact) mass is 295 g/mol. The summed E-state index contributed by atoms with van der Waals surface area (Å²) in [7, 11) is 0. The van der Waals surface area contributed by atoms with Crippen molar-refractivity contribution in [3.8, 4) is 16.2 Å². The zero-order valence-electron chi connectivity index (χ0n) is 9.57. The van der Waals surface area contributed by atoms with Crippen LogP contribution in [0.3, 0.4) is 0 Å². The second kappa shape index (κ2) is 5.33. The molecule has 2 N–H and O–H groups in total.